The second kappa shape index (κ2) is 5.64. The first-order chi connectivity index (χ1) is 10.7. The number of sulfonamides is 1. The number of sulfone groups is 1. The van der Waals surface area contributed by atoms with Crippen LogP contribution >= 0.6 is 0 Å². The smallest absolute Gasteiger partial charge is 0.230 e. The average molecular weight is 355 g/mol. The molecule has 3 rings (SSSR count). The highest BCUT2D eigenvalue weighted by molar-refractivity contribution is 7.92. The van der Waals surface area contributed by atoms with E-state index in [2.05, 4.69) is 9.82 Å². The van der Waals surface area contributed by atoms with Gasteiger partial charge in [0.15, 0.2) is 9.84 Å². The summed E-state index contributed by atoms with van der Waals surface area (Å²) in [5.41, 5.74) is 1.43. The van der Waals surface area contributed by atoms with Gasteiger partial charge in [-0.05, 0) is 6.42 Å². The van der Waals surface area contributed by atoms with E-state index in [9.17, 15) is 16.8 Å². The average Bonchev–Trinajstić information content (AvgIpc) is 3.01. The van der Waals surface area contributed by atoms with Gasteiger partial charge >= 0.3 is 0 Å². The van der Waals surface area contributed by atoms with Crippen LogP contribution in [-0.2, 0) is 19.9 Å². The Bertz CT molecular complexity index is 918. The van der Waals surface area contributed by atoms with Crippen LogP contribution in [0.3, 0.4) is 0 Å². The van der Waals surface area contributed by atoms with Gasteiger partial charge in [0.2, 0.25) is 10.0 Å². The van der Waals surface area contributed by atoms with Crippen molar-refractivity contribution < 1.29 is 16.8 Å². The molecule has 0 bridgehead atoms. The molecule has 1 N–H and O–H groups in total. The Hall–Kier alpha value is -1.87. The lowest BCUT2D eigenvalue weighted by molar-refractivity contribution is 0.507. The van der Waals surface area contributed by atoms with Crippen molar-refractivity contribution in [3.8, 4) is 11.3 Å². The Morgan fingerprint density at radius 1 is 1.26 bits per heavy atom. The lowest BCUT2D eigenvalue weighted by Gasteiger charge is -2.13. The number of nitrogens with zero attached hydrogens (tertiary/aromatic N) is 2. The molecule has 2 aromatic rings. The van der Waals surface area contributed by atoms with E-state index in [-0.39, 0.29) is 23.4 Å². The molecule has 1 aliphatic rings. The fourth-order valence-electron chi connectivity index (χ4n) is 2.66. The molecule has 1 atom stereocenters. The lowest BCUT2D eigenvalue weighted by Crippen LogP contribution is -2.18. The van der Waals surface area contributed by atoms with Crippen molar-refractivity contribution >= 4 is 25.7 Å². The molecule has 2 heterocycles. The minimum atomic E-state index is -3.49. The summed E-state index contributed by atoms with van der Waals surface area (Å²) in [6.07, 6.45) is 1.48. The highest BCUT2D eigenvalue weighted by Crippen LogP contribution is 2.30. The summed E-state index contributed by atoms with van der Waals surface area (Å²) in [5, 5.41) is 4.44. The number of nitrogens with one attached hydrogen (secondary N) is 1. The number of aromatic nitrogens is 2. The zero-order valence-electron chi connectivity index (χ0n) is 12.5. The quantitative estimate of drug-likeness (QED) is 0.891. The lowest BCUT2D eigenvalue weighted by atomic mass is 10.2. The van der Waals surface area contributed by atoms with Crippen LogP contribution in [0.4, 0.5) is 5.82 Å². The summed E-state index contributed by atoms with van der Waals surface area (Å²) in [4.78, 5) is 0. The maximum Gasteiger partial charge on any atom is 0.230 e. The van der Waals surface area contributed by atoms with Crippen LogP contribution in [0.1, 0.15) is 12.5 Å². The van der Waals surface area contributed by atoms with Crippen LogP contribution < -0.4 is 4.72 Å². The molecule has 1 saturated heterocycles. The summed E-state index contributed by atoms with van der Waals surface area (Å²) in [7, 11) is -6.58. The molecule has 7 nitrogen and oxygen atoms in total. The summed E-state index contributed by atoms with van der Waals surface area (Å²) in [6, 6.07) is 10.6. The van der Waals surface area contributed by atoms with E-state index < -0.39 is 19.9 Å². The van der Waals surface area contributed by atoms with Gasteiger partial charge in [-0.15, -0.1) is 0 Å². The van der Waals surface area contributed by atoms with Crippen LogP contribution in [0, 0.1) is 0 Å². The molecule has 0 unspecified atom stereocenters. The first-order valence-corrected chi connectivity index (χ1v) is 10.8. The molecule has 0 amide bonds. The molecule has 1 aromatic heterocycles. The number of hydrogen-bond donors (Lipinski definition) is 1. The predicted molar refractivity (Wildman–Crippen MR) is 88.4 cm³/mol. The fourth-order valence-corrected chi connectivity index (χ4v) is 4.88. The van der Waals surface area contributed by atoms with Crippen molar-refractivity contribution in [1.29, 1.82) is 0 Å². The highest BCUT2D eigenvalue weighted by Gasteiger charge is 2.31. The van der Waals surface area contributed by atoms with Crippen molar-refractivity contribution in [3.63, 3.8) is 0 Å². The maximum absolute atomic E-state index is 11.7. The van der Waals surface area contributed by atoms with Crippen LogP contribution in [0.25, 0.3) is 11.3 Å². The van der Waals surface area contributed by atoms with Gasteiger partial charge in [-0.25, -0.2) is 21.5 Å². The first kappa shape index (κ1) is 16.0. The Morgan fingerprint density at radius 2 is 1.96 bits per heavy atom. The largest absolute Gasteiger partial charge is 0.268 e. The molecular weight excluding hydrogens is 338 g/mol. The minimum absolute atomic E-state index is 0.0264. The molecule has 0 spiro atoms. The standard InChI is InChI=1S/C14H17N3O4S2/c1-22(18,19)16-14-9-13(11-5-3-2-4-6-11)15-17(14)12-7-8-23(20,21)10-12/h2-6,9,12,16H,7-8,10H2,1H3/t12-/m0/s1. The predicted octanol–water partition coefficient (Wildman–Crippen LogP) is 1.28. The Morgan fingerprint density at radius 3 is 2.52 bits per heavy atom. The van der Waals surface area contributed by atoms with Crippen molar-refractivity contribution in [2.45, 2.75) is 12.5 Å². The molecular formula is C14H17N3O4S2. The van der Waals surface area contributed by atoms with Crippen LogP contribution in [0.5, 0.6) is 0 Å². The van der Waals surface area contributed by atoms with Crippen molar-refractivity contribution in [1.82, 2.24) is 9.78 Å². The van der Waals surface area contributed by atoms with E-state index in [0.717, 1.165) is 11.8 Å². The van der Waals surface area contributed by atoms with E-state index in [4.69, 9.17) is 0 Å². The van der Waals surface area contributed by atoms with Crippen LogP contribution in [0.15, 0.2) is 36.4 Å². The number of benzene rings is 1. The Labute approximate surface area is 135 Å². The Kier molecular flexibility index (Phi) is 3.93. The Balaban J connectivity index is 2.04. The zero-order valence-corrected chi connectivity index (χ0v) is 14.1. The van der Waals surface area contributed by atoms with Gasteiger partial charge < -0.3 is 0 Å². The van der Waals surface area contributed by atoms with Gasteiger partial charge in [0.1, 0.15) is 5.82 Å². The third kappa shape index (κ3) is 3.73. The number of rotatable bonds is 4. The number of hydrogen-bond acceptors (Lipinski definition) is 5. The van der Waals surface area contributed by atoms with E-state index in [0.29, 0.717) is 12.1 Å². The van der Waals surface area contributed by atoms with Crippen LogP contribution in [-0.4, -0.2) is 44.4 Å². The third-order valence-corrected chi connectivity index (χ3v) is 5.98. The number of anilines is 1. The zero-order chi connectivity index (χ0) is 16.7. The van der Waals surface area contributed by atoms with Gasteiger partial charge in [-0.3, -0.25) is 4.72 Å². The molecule has 0 aliphatic carbocycles. The van der Waals surface area contributed by atoms with Gasteiger partial charge in [-0.2, -0.15) is 5.10 Å². The van der Waals surface area contributed by atoms with Gasteiger partial charge in [0.05, 0.1) is 29.5 Å². The minimum Gasteiger partial charge on any atom is -0.268 e. The molecule has 1 fully saturated rings. The van der Waals surface area contributed by atoms with E-state index in [1.54, 1.807) is 6.07 Å². The van der Waals surface area contributed by atoms with Crippen molar-refractivity contribution in [2.75, 3.05) is 22.5 Å². The molecule has 124 valence electrons. The topological polar surface area (TPSA) is 98.1 Å². The highest BCUT2D eigenvalue weighted by atomic mass is 32.2. The fraction of sp³-hybridized carbons (Fsp3) is 0.357. The SMILES string of the molecule is CS(=O)(=O)Nc1cc(-c2ccccc2)nn1[C@H]1CCS(=O)(=O)C1. The summed E-state index contributed by atoms with van der Waals surface area (Å²) in [6.45, 7) is 0. The third-order valence-electron chi connectivity index (χ3n) is 3.65. The molecule has 1 aromatic carbocycles. The molecule has 23 heavy (non-hydrogen) atoms. The van der Waals surface area contributed by atoms with E-state index in [1.807, 2.05) is 30.3 Å². The van der Waals surface area contributed by atoms with E-state index >= 15 is 0 Å². The van der Waals surface area contributed by atoms with Crippen molar-refractivity contribution in [3.05, 3.63) is 36.4 Å². The normalized spacial score (nSPS) is 20.5. The summed E-state index contributed by atoms with van der Waals surface area (Å²) in [5.74, 6) is 0.353. The summed E-state index contributed by atoms with van der Waals surface area (Å²) < 4.78 is 50.5. The van der Waals surface area contributed by atoms with E-state index in [1.165, 1.54) is 4.68 Å². The van der Waals surface area contributed by atoms with Gasteiger partial charge in [0.25, 0.3) is 0 Å². The molecule has 0 radical (unpaired) electrons. The molecule has 0 saturated carbocycles. The van der Waals surface area contributed by atoms with Crippen molar-refractivity contribution in [2.24, 2.45) is 0 Å². The molecule has 1 aliphatic heterocycles. The molecule has 9 heteroatoms. The second-order valence-electron chi connectivity index (χ2n) is 5.66. The van der Waals surface area contributed by atoms with Gasteiger partial charge in [0, 0.05) is 11.6 Å². The monoisotopic (exact) mass is 355 g/mol. The summed E-state index contributed by atoms with van der Waals surface area (Å²) >= 11 is 0. The second-order valence-corrected chi connectivity index (χ2v) is 9.63. The maximum atomic E-state index is 11.7. The van der Waals surface area contributed by atoms with Crippen LogP contribution in [0.2, 0.25) is 0 Å². The first-order valence-electron chi connectivity index (χ1n) is 7.07. The van der Waals surface area contributed by atoms with Gasteiger partial charge in [-0.1, -0.05) is 30.3 Å².